The molecule has 36 heavy (non-hydrogen) atoms. The molecule has 2 heterocycles. The number of nitrogens with zero attached hydrogens (tertiary/aromatic N) is 3. The molecule has 1 aliphatic rings. The fourth-order valence-corrected chi connectivity index (χ4v) is 4.25. The Morgan fingerprint density at radius 1 is 0.944 bits per heavy atom. The smallest absolute Gasteiger partial charge is 0.257 e. The van der Waals surface area contributed by atoms with Crippen molar-refractivity contribution in [2.45, 2.75) is 20.3 Å². The number of rotatable bonds is 8. The molecule has 3 amide bonds. The van der Waals surface area contributed by atoms with Gasteiger partial charge in [0.25, 0.3) is 11.8 Å². The van der Waals surface area contributed by atoms with E-state index in [1.54, 1.807) is 63.8 Å². The Hall–Kier alpha value is -3.92. The maximum absolute atomic E-state index is 12.9. The predicted octanol–water partition coefficient (Wildman–Crippen LogP) is 4.28. The van der Waals surface area contributed by atoms with E-state index in [4.69, 9.17) is 9.47 Å². The molecule has 0 aliphatic carbocycles. The van der Waals surface area contributed by atoms with E-state index in [0.717, 1.165) is 6.42 Å². The number of carbonyl (C=O) groups is 3. The van der Waals surface area contributed by atoms with Crippen molar-refractivity contribution in [1.82, 2.24) is 14.8 Å². The molecular weight excluding hydrogens is 480 g/mol. The van der Waals surface area contributed by atoms with Crippen LogP contribution in [0.4, 0.5) is 5.13 Å². The van der Waals surface area contributed by atoms with Crippen molar-refractivity contribution in [3.05, 3.63) is 65.2 Å². The lowest BCUT2D eigenvalue weighted by Gasteiger charge is -2.34. The number of hydrogen-bond acceptors (Lipinski definition) is 7. The molecule has 1 N–H and O–H groups in total. The molecule has 1 saturated heterocycles. The van der Waals surface area contributed by atoms with Gasteiger partial charge in [0.1, 0.15) is 17.2 Å². The summed E-state index contributed by atoms with van der Waals surface area (Å²) >= 11 is 1.33. The van der Waals surface area contributed by atoms with Crippen molar-refractivity contribution >= 4 is 34.2 Å². The third-order valence-corrected chi connectivity index (χ3v) is 6.31. The van der Waals surface area contributed by atoms with Crippen LogP contribution in [0, 0.1) is 0 Å². The molecular formula is C26H28N4O5S. The van der Waals surface area contributed by atoms with Crippen LogP contribution in [0.2, 0.25) is 0 Å². The van der Waals surface area contributed by atoms with Gasteiger partial charge in [0.2, 0.25) is 5.91 Å². The van der Waals surface area contributed by atoms with E-state index in [1.165, 1.54) is 18.3 Å². The minimum absolute atomic E-state index is 0.0246. The highest BCUT2D eigenvalue weighted by Gasteiger charge is 2.23. The highest BCUT2D eigenvalue weighted by Crippen LogP contribution is 2.29. The molecule has 10 heteroatoms. The molecule has 9 nitrogen and oxygen atoms in total. The number of carbonyl (C=O) groups excluding carboxylic acids is 3. The van der Waals surface area contributed by atoms with Crippen LogP contribution < -0.4 is 14.8 Å². The molecule has 4 rings (SSSR count). The molecule has 1 aromatic heterocycles. The van der Waals surface area contributed by atoms with E-state index in [9.17, 15) is 14.4 Å². The lowest BCUT2D eigenvalue weighted by atomic mass is 10.1. The molecule has 1 aliphatic heterocycles. The second-order valence-electron chi connectivity index (χ2n) is 8.26. The van der Waals surface area contributed by atoms with E-state index in [-0.39, 0.29) is 17.7 Å². The van der Waals surface area contributed by atoms with Crippen LogP contribution in [0.25, 0.3) is 0 Å². The number of aromatic nitrogens is 1. The van der Waals surface area contributed by atoms with Crippen LogP contribution in [0.1, 0.15) is 41.0 Å². The average Bonchev–Trinajstić information content (AvgIpc) is 3.40. The highest BCUT2D eigenvalue weighted by atomic mass is 32.1. The van der Waals surface area contributed by atoms with Crippen LogP contribution in [0.15, 0.2) is 54.0 Å². The minimum Gasteiger partial charge on any atom is -0.493 e. The number of hydrogen-bond donors (Lipinski definition) is 1. The van der Waals surface area contributed by atoms with E-state index in [1.807, 2.05) is 6.92 Å². The maximum atomic E-state index is 12.9. The van der Waals surface area contributed by atoms with Gasteiger partial charge >= 0.3 is 0 Å². The minimum atomic E-state index is -0.317. The van der Waals surface area contributed by atoms with E-state index in [0.29, 0.717) is 66.3 Å². The number of nitrogens with one attached hydrogen (secondary N) is 1. The fraction of sp³-hybridized carbons (Fsp3) is 0.308. The van der Waals surface area contributed by atoms with Crippen molar-refractivity contribution in [3.8, 4) is 17.2 Å². The summed E-state index contributed by atoms with van der Waals surface area (Å²) in [5, 5.41) is 5.05. The Labute approximate surface area is 213 Å². The van der Waals surface area contributed by atoms with Gasteiger partial charge in [0.15, 0.2) is 5.13 Å². The summed E-state index contributed by atoms with van der Waals surface area (Å²) in [4.78, 5) is 44.7. The fourth-order valence-electron chi connectivity index (χ4n) is 3.73. The normalized spacial score (nSPS) is 13.3. The zero-order valence-electron chi connectivity index (χ0n) is 20.2. The number of thiazole rings is 1. The molecule has 0 spiro atoms. The van der Waals surface area contributed by atoms with Crippen LogP contribution in [-0.4, -0.2) is 65.3 Å². The maximum Gasteiger partial charge on any atom is 0.257 e. The van der Waals surface area contributed by atoms with Gasteiger partial charge in [-0.15, -0.1) is 11.3 Å². The molecule has 0 bridgehead atoms. The third-order valence-electron chi connectivity index (χ3n) is 5.62. The van der Waals surface area contributed by atoms with Crippen LogP contribution >= 0.6 is 11.3 Å². The highest BCUT2D eigenvalue weighted by molar-refractivity contribution is 7.13. The Morgan fingerprint density at radius 3 is 2.28 bits per heavy atom. The Morgan fingerprint density at radius 2 is 1.64 bits per heavy atom. The summed E-state index contributed by atoms with van der Waals surface area (Å²) in [7, 11) is 0. The number of amides is 3. The first-order chi connectivity index (χ1) is 17.4. The SMILES string of the molecule is CCCOc1cc(Oc2ccc(C(=O)N3CCN(C(C)=O)CC3)cc2)cc(C(=O)Nc2nccs2)c1. The van der Waals surface area contributed by atoms with Gasteiger partial charge in [0, 0.05) is 61.9 Å². The molecule has 2 aromatic carbocycles. The van der Waals surface area contributed by atoms with Crippen LogP contribution in [0.5, 0.6) is 17.2 Å². The number of benzene rings is 2. The topological polar surface area (TPSA) is 101 Å². The van der Waals surface area contributed by atoms with Gasteiger partial charge in [-0.3, -0.25) is 19.7 Å². The quantitative estimate of drug-likeness (QED) is 0.487. The van der Waals surface area contributed by atoms with E-state index >= 15 is 0 Å². The summed E-state index contributed by atoms with van der Waals surface area (Å²) in [6.07, 6.45) is 2.45. The molecule has 3 aromatic rings. The van der Waals surface area contributed by atoms with Gasteiger partial charge in [0.05, 0.1) is 6.61 Å². The van der Waals surface area contributed by atoms with E-state index in [2.05, 4.69) is 10.3 Å². The van der Waals surface area contributed by atoms with E-state index < -0.39 is 0 Å². The second kappa shape index (κ2) is 11.7. The molecule has 188 valence electrons. The lowest BCUT2D eigenvalue weighted by molar-refractivity contribution is -0.130. The van der Waals surface area contributed by atoms with Crippen molar-refractivity contribution < 1.29 is 23.9 Å². The zero-order valence-corrected chi connectivity index (χ0v) is 21.0. The lowest BCUT2D eigenvalue weighted by Crippen LogP contribution is -2.50. The Kier molecular flexibility index (Phi) is 8.17. The summed E-state index contributed by atoms with van der Waals surface area (Å²) in [6, 6.07) is 11.9. The first kappa shape index (κ1) is 25.2. The Bertz CT molecular complexity index is 1210. The molecule has 0 radical (unpaired) electrons. The summed E-state index contributed by atoms with van der Waals surface area (Å²) in [6.45, 7) is 6.14. The largest absolute Gasteiger partial charge is 0.493 e. The molecule has 0 saturated carbocycles. The zero-order chi connectivity index (χ0) is 25.5. The summed E-state index contributed by atoms with van der Waals surface area (Å²) in [5.74, 6) is 1.11. The summed E-state index contributed by atoms with van der Waals surface area (Å²) < 4.78 is 11.8. The first-order valence-electron chi connectivity index (χ1n) is 11.7. The molecule has 1 fully saturated rings. The average molecular weight is 509 g/mol. The third kappa shape index (κ3) is 6.39. The number of piperazine rings is 1. The molecule has 0 unspecified atom stereocenters. The van der Waals surface area contributed by atoms with Crippen LogP contribution in [-0.2, 0) is 4.79 Å². The Balaban J connectivity index is 1.45. The first-order valence-corrected chi connectivity index (χ1v) is 12.6. The monoisotopic (exact) mass is 508 g/mol. The van der Waals surface area contributed by atoms with Crippen LogP contribution in [0.3, 0.4) is 0 Å². The van der Waals surface area contributed by atoms with Gasteiger partial charge in [-0.1, -0.05) is 6.92 Å². The van der Waals surface area contributed by atoms with Crippen molar-refractivity contribution in [2.24, 2.45) is 0 Å². The predicted molar refractivity (Wildman–Crippen MR) is 137 cm³/mol. The molecule has 0 atom stereocenters. The van der Waals surface area contributed by atoms with Gasteiger partial charge in [-0.25, -0.2) is 4.98 Å². The summed E-state index contributed by atoms with van der Waals surface area (Å²) in [5.41, 5.74) is 0.924. The van der Waals surface area contributed by atoms with Gasteiger partial charge in [-0.2, -0.15) is 0 Å². The van der Waals surface area contributed by atoms with Crippen molar-refractivity contribution in [3.63, 3.8) is 0 Å². The van der Waals surface area contributed by atoms with Crippen molar-refractivity contribution in [2.75, 3.05) is 38.1 Å². The number of anilines is 1. The second-order valence-corrected chi connectivity index (χ2v) is 9.15. The van der Waals surface area contributed by atoms with Crippen molar-refractivity contribution in [1.29, 1.82) is 0 Å². The van der Waals surface area contributed by atoms with Gasteiger partial charge in [-0.05, 0) is 42.8 Å². The standard InChI is InChI=1S/C26H28N4O5S/c1-3-13-34-22-15-20(24(32)28-26-27-8-14-36-26)16-23(17-22)35-21-6-4-19(5-7-21)25(33)30-11-9-29(10-12-30)18(2)31/h4-8,14-17H,3,9-13H2,1-2H3,(H,27,28,32). The van der Waals surface area contributed by atoms with Gasteiger partial charge < -0.3 is 19.3 Å². The number of ether oxygens (including phenoxy) is 2.